The maximum absolute atomic E-state index is 11.2. The van der Waals surface area contributed by atoms with E-state index in [1.54, 1.807) is 12.1 Å². The highest BCUT2D eigenvalue weighted by atomic mass is 32.2. The summed E-state index contributed by atoms with van der Waals surface area (Å²) in [5, 5.41) is 10.6. The lowest BCUT2D eigenvalue weighted by Gasteiger charge is -1.96. The van der Waals surface area contributed by atoms with E-state index in [9.17, 15) is 8.42 Å². The lowest BCUT2D eigenvalue weighted by Crippen LogP contribution is -1.98. The van der Waals surface area contributed by atoms with Gasteiger partial charge in [0.1, 0.15) is 11.0 Å². The number of thioether (sulfide) groups is 1. The highest BCUT2D eigenvalue weighted by Crippen LogP contribution is 2.28. The molecule has 0 saturated carbocycles. The fraction of sp³-hybridized carbons (Fsp3) is 0.222. The topological polar surface area (TPSA) is 57.9 Å². The second-order valence-electron chi connectivity index (χ2n) is 2.76. The highest BCUT2D eigenvalue weighted by molar-refractivity contribution is 8.00. The molecule has 15 heavy (non-hydrogen) atoms. The molecular weight excluding hydrogens is 250 g/mol. The van der Waals surface area contributed by atoms with Crippen molar-refractivity contribution in [3.05, 3.63) is 21.9 Å². The molecule has 0 atom stereocenters. The largest absolute Gasteiger partial charge is 0.223 e. The van der Waals surface area contributed by atoms with Gasteiger partial charge in [-0.3, -0.25) is 0 Å². The summed E-state index contributed by atoms with van der Waals surface area (Å²) in [5.41, 5.74) is 0.787. The molecule has 0 unspecified atom stereocenters. The molecule has 0 N–H and O–H groups in total. The number of nitriles is 1. The van der Waals surface area contributed by atoms with Crippen molar-refractivity contribution < 1.29 is 8.42 Å². The van der Waals surface area contributed by atoms with Crippen LogP contribution >= 0.6 is 23.1 Å². The van der Waals surface area contributed by atoms with Gasteiger partial charge < -0.3 is 0 Å². The molecule has 0 aliphatic carbocycles. The third-order valence-corrected chi connectivity index (χ3v) is 4.77. The Morgan fingerprint density at radius 3 is 2.80 bits per heavy atom. The van der Waals surface area contributed by atoms with E-state index < -0.39 is 9.84 Å². The lowest BCUT2D eigenvalue weighted by molar-refractivity contribution is 0.609. The predicted molar refractivity (Wildman–Crippen MR) is 64.5 cm³/mol. The monoisotopic (exact) mass is 259 g/mol. The molecule has 0 amide bonds. The van der Waals surface area contributed by atoms with E-state index in [0.717, 1.165) is 16.0 Å². The molecule has 0 fully saturated rings. The Kier molecular flexibility index (Phi) is 3.97. The third kappa shape index (κ3) is 3.09. The van der Waals surface area contributed by atoms with Crippen LogP contribution in [0.25, 0.3) is 6.08 Å². The zero-order chi connectivity index (χ0) is 11.5. The molecule has 1 aromatic rings. The average Bonchev–Trinajstić information content (AvgIpc) is 2.59. The average molecular weight is 259 g/mol. The lowest BCUT2D eigenvalue weighted by atomic mass is 10.3. The first-order chi connectivity index (χ1) is 6.99. The van der Waals surface area contributed by atoms with Gasteiger partial charge in [0.05, 0.1) is 4.21 Å². The van der Waals surface area contributed by atoms with Gasteiger partial charge in [-0.2, -0.15) is 5.26 Å². The molecule has 1 heterocycles. The molecule has 3 nitrogen and oxygen atoms in total. The third-order valence-electron chi connectivity index (χ3n) is 1.64. The van der Waals surface area contributed by atoms with Crippen molar-refractivity contribution in [3.63, 3.8) is 0 Å². The van der Waals surface area contributed by atoms with Crippen LogP contribution in [0, 0.1) is 11.3 Å². The summed E-state index contributed by atoms with van der Waals surface area (Å²) < 4.78 is 23.4. The smallest absolute Gasteiger partial charge is 0.185 e. The molecule has 0 aliphatic rings. The molecule has 0 aromatic carbocycles. The number of sulfone groups is 1. The van der Waals surface area contributed by atoms with Crippen molar-refractivity contribution in [2.75, 3.05) is 12.5 Å². The molecule has 1 aromatic heterocycles. The molecule has 0 aliphatic heterocycles. The van der Waals surface area contributed by atoms with Gasteiger partial charge in [-0.05, 0) is 23.8 Å². The number of allylic oxidation sites excluding steroid dienone is 1. The van der Waals surface area contributed by atoms with Crippen LogP contribution in [0.2, 0.25) is 0 Å². The first-order valence-electron chi connectivity index (χ1n) is 3.92. The number of hydrogen-bond donors (Lipinski definition) is 0. The maximum Gasteiger partial charge on any atom is 0.185 e. The predicted octanol–water partition coefficient (Wildman–Crippen LogP) is 2.38. The van der Waals surface area contributed by atoms with Crippen molar-refractivity contribution in [2.45, 2.75) is 4.21 Å². The minimum Gasteiger partial charge on any atom is -0.223 e. The second kappa shape index (κ2) is 4.84. The summed E-state index contributed by atoms with van der Waals surface area (Å²) in [4.78, 5) is -0.198. The fourth-order valence-corrected chi connectivity index (χ4v) is 2.96. The van der Waals surface area contributed by atoms with Crippen molar-refractivity contribution in [1.82, 2.24) is 0 Å². The minimum atomic E-state index is -3.42. The van der Waals surface area contributed by atoms with Crippen molar-refractivity contribution >= 4 is 39.0 Å². The molecule has 6 heteroatoms. The fourth-order valence-electron chi connectivity index (χ4n) is 0.942. The van der Waals surface area contributed by atoms with Crippen molar-refractivity contribution in [1.29, 1.82) is 5.26 Å². The van der Waals surface area contributed by atoms with Gasteiger partial charge in [0.25, 0.3) is 0 Å². The van der Waals surface area contributed by atoms with E-state index in [4.69, 9.17) is 5.26 Å². The van der Waals surface area contributed by atoms with Gasteiger partial charge in [-0.25, -0.2) is 8.42 Å². The number of hydrogen-bond acceptors (Lipinski definition) is 5. The summed E-state index contributed by atoms with van der Waals surface area (Å²) in [6.45, 7) is 0. The van der Waals surface area contributed by atoms with E-state index in [2.05, 4.69) is 0 Å². The molecule has 1 rings (SSSR count). The molecule has 0 saturated heterocycles. The van der Waals surface area contributed by atoms with Gasteiger partial charge in [0.2, 0.25) is 0 Å². The number of thiophene rings is 1. The Morgan fingerprint density at radius 1 is 1.67 bits per heavy atom. The van der Waals surface area contributed by atoms with Gasteiger partial charge in [0, 0.05) is 11.8 Å². The second-order valence-corrected chi connectivity index (χ2v) is 6.74. The van der Waals surface area contributed by atoms with E-state index in [1.807, 2.05) is 11.6 Å². The first-order valence-corrected chi connectivity index (χ1v) is 7.92. The van der Waals surface area contributed by atoms with Crippen LogP contribution in [0.5, 0.6) is 0 Å². The summed E-state index contributed by atoms with van der Waals surface area (Å²) >= 11 is 3.06. The molecule has 80 valence electrons. The molecular formula is C9H9NO2S3. The van der Waals surface area contributed by atoms with E-state index in [1.165, 1.54) is 29.2 Å². The van der Waals surface area contributed by atoms with Crippen molar-refractivity contribution in [3.8, 4) is 6.07 Å². The Bertz CT molecular complexity index is 520. The van der Waals surface area contributed by atoms with Gasteiger partial charge in [-0.15, -0.1) is 23.1 Å². The quantitative estimate of drug-likeness (QED) is 0.617. The van der Waals surface area contributed by atoms with Gasteiger partial charge in [0.15, 0.2) is 9.84 Å². The molecule has 0 bridgehead atoms. The molecule has 0 radical (unpaired) electrons. The van der Waals surface area contributed by atoms with Crippen LogP contribution in [0.15, 0.2) is 20.6 Å². The SMILES string of the molecule is CSc1sccc1/C=C(/C#N)S(C)(=O)=O. The van der Waals surface area contributed by atoms with Gasteiger partial charge in [-0.1, -0.05) is 0 Å². The zero-order valence-corrected chi connectivity index (χ0v) is 10.7. The van der Waals surface area contributed by atoms with Crippen LogP contribution < -0.4 is 0 Å². The summed E-state index contributed by atoms with van der Waals surface area (Å²) in [5.74, 6) is 0. The summed E-state index contributed by atoms with van der Waals surface area (Å²) in [6, 6.07) is 3.50. The van der Waals surface area contributed by atoms with Crippen LogP contribution in [0.3, 0.4) is 0 Å². The Hall–Kier alpha value is -0.770. The zero-order valence-electron chi connectivity index (χ0n) is 8.22. The summed E-state index contributed by atoms with van der Waals surface area (Å²) in [7, 11) is -3.42. The standard InChI is InChI=1S/C9H9NO2S3/c1-13-9-7(3-4-14-9)5-8(6-10)15(2,11)12/h3-5H,1-2H3/b8-5-. The molecule has 0 spiro atoms. The normalized spacial score (nSPS) is 12.5. The van der Waals surface area contributed by atoms with Crippen LogP contribution in [0.1, 0.15) is 5.56 Å². The Balaban J connectivity index is 3.23. The number of rotatable bonds is 3. The van der Waals surface area contributed by atoms with Gasteiger partial charge >= 0.3 is 0 Å². The van der Waals surface area contributed by atoms with Crippen LogP contribution in [-0.2, 0) is 9.84 Å². The first kappa shape index (κ1) is 12.3. The van der Waals surface area contributed by atoms with E-state index in [-0.39, 0.29) is 4.91 Å². The van der Waals surface area contributed by atoms with Crippen LogP contribution in [0.4, 0.5) is 0 Å². The summed E-state index contributed by atoms with van der Waals surface area (Å²) in [6.07, 6.45) is 4.36. The number of nitrogens with zero attached hydrogens (tertiary/aromatic N) is 1. The van der Waals surface area contributed by atoms with E-state index in [0.29, 0.717) is 0 Å². The maximum atomic E-state index is 11.2. The minimum absolute atomic E-state index is 0.198. The van der Waals surface area contributed by atoms with Crippen LogP contribution in [-0.4, -0.2) is 20.9 Å². The highest BCUT2D eigenvalue weighted by Gasteiger charge is 2.11. The Labute approximate surface area is 97.3 Å². The Morgan fingerprint density at radius 2 is 2.33 bits per heavy atom. The van der Waals surface area contributed by atoms with E-state index >= 15 is 0 Å². The van der Waals surface area contributed by atoms with Crippen molar-refractivity contribution in [2.24, 2.45) is 0 Å².